The normalized spacial score (nSPS) is 10.9. The molecule has 13 heavy (non-hydrogen) atoms. The zero-order valence-electron chi connectivity index (χ0n) is 6.40. The summed E-state index contributed by atoms with van der Waals surface area (Å²) in [5.41, 5.74) is 5.82. The second kappa shape index (κ2) is 4.78. The Hall–Kier alpha value is 0.430. The number of aromatic nitrogens is 1. The molecule has 0 saturated heterocycles. The van der Waals surface area contributed by atoms with Gasteiger partial charge in [0.1, 0.15) is 3.70 Å². The van der Waals surface area contributed by atoms with Gasteiger partial charge in [0.05, 0.1) is 0 Å². The van der Waals surface area contributed by atoms with Gasteiger partial charge in [0, 0.05) is 21.9 Å². The molecular formula is C7H6F2I2N2. The highest BCUT2D eigenvalue weighted by Crippen LogP contribution is 2.27. The van der Waals surface area contributed by atoms with Gasteiger partial charge in [0.15, 0.2) is 0 Å². The Balaban J connectivity index is 3.30. The Bertz CT molecular complexity index is 318. The van der Waals surface area contributed by atoms with Crippen LogP contribution in [-0.4, -0.2) is 4.98 Å². The number of hydrogen-bond acceptors (Lipinski definition) is 2. The first kappa shape index (κ1) is 11.5. The number of hydrogen-bond donors (Lipinski definition) is 1. The van der Waals surface area contributed by atoms with E-state index in [0.29, 0.717) is 9.26 Å². The van der Waals surface area contributed by atoms with Crippen molar-refractivity contribution in [3.05, 3.63) is 24.6 Å². The van der Waals surface area contributed by atoms with Crippen molar-refractivity contribution >= 4 is 45.2 Å². The predicted octanol–water partition coefficient (Wildman–Crippen LogP) is 2.69. The molecule has 1 heterocycles. The fourth-order valence-electron chi connectivity index (χ4n) is 0.908. The summed E-state index contributed by atoms with van der Waals surface area (Å²) in [4.78, 5) is 3.85. The van der Waals surface area contributed by atoms with E-state index in [1.165, 1.54) is 6.20 Å². The summed E-state index contributed by atoms with van der Waals surface area (Å²) >= 11 is 3.97. The summed E-state index contributed by atoms with van der Waals surface area (Å²) in [6, 6.07) is 0. The first-order chi connectivity index (χ1) is 6.07. The smallest absolute Gasteiger partial charge is 0.265 e. The van der Waals surface area contributed by atoms with Gasteiger partial charge in [-0.15, -0.1) is 0 Å². The topological polar surface area (TPSA) is 38.9 Å². The lowest BCUT2D eigenvalue weighted by atomic mass is 10.1. The third-order valence-electron chi connectivity index (χ3n) is 1.55. The van der Waals surface area contributed by atoms with Crippen molar-refractivity contribution in [2.75, 3.05) is 0 Å². The molecule has 0 aliphatic carbocycles. The molecule has 2 N–H and O–H groups in total. The summed E-state index contributed by atoms with van der Waals surface area (Å²) in [6.45, 7) is 0.121. The average molecular weight is 410 g/mol. The number of nitrogens with zero attached hydrogens (tertiary/aromatic N) is 1. The molecular weight excluding hydrogens is 404 g/mol. The quantitative estimate of drug-likeness (QED) is 0.602. The Labute approximate surface area is 102 Å². The van der Waals surface area contributed by atoms with Gasteiger partial charge in [-0.1, -0.05) is 0 Å². The molecule has 1 aromatic rings. The van der Waals surface area contributed by atoms with Crippen LogP contribution in [0.15, 0.2) is 6.20 Å². The summed E-state index contributed by atoms with van der Waals surface area (Å²) < 4.78 is 26.3. The van der Waals surface area contributed by atoms with Crippen molar-refractivity contribution in [2.24, 2.45) is 5.73 Å². The number of alkyl halides is 2. The van der Waals surface area contributed by atoms with Gasteiger partial charge >= 0.3 is 0 Å². The van der Waals surface area contributed by atoms with Crippen LogP contribution >= 0.6 is 45.2 Å². The molecule has 0 amide bonds. The summed E-state index contributed by atoms with van der Waals surface area (Å²) in [5, 5.41) is 0. The molecule has 0 spiro atoms. The van der Waals surface area contributed by atoms with E-state index in [-0.39, 0.29) is 12.1 Å². The molecule has 0 aromatic carbocycles. The van der Waals surface area contributed by atoms with Crippen molar-refractivity contribution in [2.45, 2.75) is 13.0 Å². The number of halogens is 4. The van der Waals surface area contributed by atoms with E-state index in [9.17, 15) is 8.78 Å². The van der Waals surface area contributed by atoms with Gasteiger partial charge in [-0.05, 0) is 50.7 Å². The Morgan fingerprint density at radius 3 is 2.54 bits per heavy atom. The maximum Gasteiger partial charge on any atom is 0.265 e. The average Bonchev–Trinajstić information content (AvgIpc) is 2.09. The lowest BCUT2D eigenvalue weighted by Gasteiger charge is -2.09. The van der Waals surface area contributed by atoms with Crippen molar-refractivity contribution < 1.29 is 8.78 Å². The lowest BCUT2D eigenvalue weighted by Crippen LogP contribution is -2.07. The zero-order chi connectivity index (χ0) is 10.0. The van der Waals surface area contributed by atoms with Crippen LogP contribution in [0.25, 0.3) is 0 Å². The van der Waals surface area contributed by atoms with E-state index in [1.54, 1.807) is 0 Å². The van der Waals surface area contributed by atoms with Crippen LogP contribution in [0.2, 0.25) is 0 Å². The van der Waals surface area contributed by atoms with E-state index in [1.807, 2.05) is 45.2 Å². The molecule has 6 heteroatoms. The first-order valence-corrected chi connectivity index (χ1v) is 5.54. The van der Waals surface area contributed by atoms with Crippen molar-refractivity contribution in [1.29, 1.82) is 0 Å². The second-order valence-corrected chi connectivity index (χ2v) is 4.40. The van der Waals surface area contributed by atoms with Crippen LogP contribution in [0.5, 0.6) is 0 Å². The minimum absolute atomic E-state index is 0.0627. The molecule has 0 radical (unpaired) electrons. The maximum absolute atomic E-state index is 12.4. The number of rotatable bonds is 2. The fourth-order valence-corrected chi connectivity index (χ4v) is 2.04. The summed E-state index contributed by atoms with van der Waals surface area (Å²) in [6.07, 6.45) is -1.31. The first-order valence-electron chi connectivity index (χ1n) is 3.39. The molecule has 72 valence electrons. The highest BCUT2D eigenvalue weighted by molar-refractivity contribution is 14.1. The SMILES string of the molecule is NCc1c(C(F)F)cnc(I)c1I. The molecule has 0 atom stereocenters. The van der Waals surface area contributed by atoms with E-state index >= 15 is 0 Å². The zero-order valence-corrected chi connectivity index (χ0v) is 10.7. The van der Waals surface area contributed by atoms with Crippen LogP contribution in [-0.2, 0) is 6.54 Å². The van der Waals surface area contributed by atoms with E-state index in [4.69, 9.17) is 5.73 Å². The molecule has 0 bridgehead atoms. The van der Waals surface area contributed by atoms with Gasteiger partial charge in [0.25, 0.3) is 6.43 Å². The van der Waals surface area contributed by atoms with E-state index < -0.39 is 6.43 Å². The van der Waals surface area contributed by atoms with Gasteiger partial charge in [0.2, 0.25) is 0 Å². The molecule has 0 fully saturated rings. The maximum atomic E-state index is 12.4. The highest BCUT2D eigenvalue weighted by Gasteiger charge is 2.16. The highest BCUT2D eigenvalue weighted by atomic mass is 127. The molecule has 2 nitrogen and oxygen atoms in total. The number of pyridine rings is 1. The Morgan fingerprint density at radius 1 is 1.46 bits per heavy atom. The number of nitrogens with two attached hydrogens (primary N) is 1. The Morgan fingerprint density at radius 2 is 2.08 bits per heavy atom. The molecule has 1 aromatic heterocycles. The van der Waals surface area contributed by atoms with E-state index in [0.717, 1.165) is 3.57 Å². The van der Waals surface area contributed by atoms with Gasteiger partial charge in [-0.25, -0.2) is 13.8 Å². The largest absolute Gasteiger partial charge is 0.326 e. The van der Waals surface area contributed by atoms with Crippen molar-refractivity contribution in [3.63, 3.8) is 0 Å². The molecule has 0 saturated carbocycles. The minimum Gasteiger partial charge on any atom is -0.326 e. The van der Waals surface area contributed by atoms with Crippen LogP contribution in [0, 0.1) is 7.27 Å². The van der Waals surface area contributed by atoms with Gasteiger partial charge in [-0.3, -0.25) is 0 Å². The third-order valence-corrected chi connectivity index (χ3v) is 4.56. The summed E-state index contributed by atoms with van der Waals surface area (Å²) in [7, 11) is 0. The molecule has 0 aliphatic heterocycles. The predicted molar refractivity (Wildman–Crippen MR) is 62.5 cm³/mol. The third kappa shape index (κ3) is 2.46. The monoisotopic (exact) mass is 410 g/mol. The van der Waals surface area contributed by atoms with Crippen LogP contribution in [0.1, 0.15) is 17.6 Å². The lowest BCUT2D eigenvalue weighted by molar-refractivity contribution is 0.149. The summed E-state index contributed by atoms with van der Waals surface area (Å²) in [5.74, 6) is 0. The van der Waals surface area contributed by atoms with Crippen LogP contribution in [0.3, 0.4) is 0 Å². The molecule has 1 rings (SSSR count). The fraction of sp³-hybridized carbons (Fsp3) is 0.286. The van der Waals surface area contributed by atoms with E-state index in [2.05, 4.69) is 4.98 Å². The van der Waals surface area contributed by atoms with Crippen molar-refractivity contribution in [3.8, 4) is 0 Å². The second-order valence-electron chi connectivity index (χ2n) is 2.30. The molecule has 0 aliphatic rings. The van der Waals surface area contributed by atoms with Gasteiger partial charge < -0.3 is 5.73 Å². The van der Waals surface area contributed by atoms with Crippen molar-refractivity contribution in [1.82, 2.24) is 4.98 Å². The van der Waals surface area contributed by atoms with Crippen LogP contribution < -0.4 is 5.73 Å². The standard InChI is InChI=1S/C7H6F2I2N2/c8-6(9)4-2-13-7(11)5(10)3(4)1-12/h2,6H,1,12H2. The van der Waals surface area contributed by atoms with Gasteiger partial charge in [-0.2, -0.15) is 0 Å². The minimum atomic E-state index is -2.50. The Kier molecular flexibility index (Phi) is 4.23. The van der Waals surface area contributed by atoms with Crippen LogP contribution in [0.4, 0.5) is 8.78 Å². The molecule has 0 unspecified atom stereocenters.